The smallest absolute Gasteiger partial charge is 0.347 e. The molecule has 0 spiro atoms. The fraction of sp³-hybridized carbons (Fsp3) is 0.250. The number of aromatic nitrogens is 1. The average Bonchev–Trinajstić information content (AvgIpc) is 3.10. The van der Waals surface area contributed by atoms with Crippen LogP contribution in [0.25, 0.3) is 0 Å². The second-order valence-electron chi connectivity index (χ2n) is 4.96. The van der Waals surface area contributed by atoms with E-state index in [2.05, 4.69) is 5.16 Å². The summed E-state index contributed by atoms with van der Waals surface area (Å²) in [7, 11) is 1.31. The van der Waals surface area contributed by atoms with Crippen LogP contribution in [0, 0.1) is 0 Å². The standard InChI is InChI=1S/C16H14N2O6/c1-3-23-15(21)12-11(17-24-16(12)22-2)8-18-13(19)9-6-4-5-7-10(9)14(18)20/h4-7H,3,8H2,1-2H3. The third kappa shape index (κ3) is 2.41. The molecule has 2 amide bonds. The molecule has 0 atom stereocenters. The molecule has 1 aromatic carbocycles. The lowest BCUT2D eigenvalue weighted by Crippen LogP contribution is -2.30. The number of nitrogens with zero attached hydrogens (tertiary/aromatic N) is 2. The number of hydrogen-bond donors (Lipinski definition) is 0. The molecule has 3 rings (SSSR count). The molecule has 8 nitrogen and oxygen atoms in total. The zero-order valence-corrected chi connectivity index (χ0v) is 13.1. The highest BCUT2D eigenvalue weighted by Gasteiger charge is 2.37. The van der Waals surface area contributed by atoms with Crippen molar-refractivity contribution in [2.45, 2.75) is 13.5 Å². The first-order chi connectivity index (χ1) is 11.6. The van der Waals surface area contributed by atoms with Crippen LogP contribution in [0.15, 0.2) is 28.8 Å². The van der Waals surface area contributed by atoms with Gasteiger partial charge in [-0.05, 0) is 19.1 Å². The van der Waals surface area contributed by atoms with Crippen LogP contribution in [0.1, 0.15) is 43.7 Å². The zero-order valence-electron chi connectivity index (χ0n) is 13.1. The second kappa shape index (κ2) is 6.15. The summed E-state index contributed by atoms with van der Waals surface area (Å²) in [5, 5.41) is 3.74. The Bertz CT molecular complexity index is 791. The first kappa shape index (κ1) is 15.7. The number of ether oxygens (including phenoxy) is 2. The molecule has 0 aliphatic carbocycles. The van der Waals surface area contributed by atoms with Gasteiger partial charge in [0.05, 0.1) is 31.4 Å². The summed E-state index contributed by atoms with van der Waals surface area (Å²) in [4.78, 5) is 37.9. The van der Waals surface area contributed by atoms with Crippen molar-refractivity contribution in [3.8, 4) is 5.95 Å². The van der Waals surface area contributed by atoms with Gasteiger partial charge in [-0.3, -0.25) is 14.5 Å². The predicted molar refractivity (Wildman–Crippen MR) is 79.7 cm³/mol. The molecule has 8 heteroatoms. The van der Waals surface area contributed by atoms with E-state index >= 15 is 0 Å². The van der Waals surface area contributed by atoms with Gasteiger partial charge in [-0.25, -0.2) is 4.79 Å². The number of imide groups is 1. The van der Waals surface area contributed by atoms with E-state index in [0.717, 1.165) is 4.90 Å². The van der Waals surface area contributed by atoms with Gasteiger partial charge in [0.15, 0.2) is 5.56 Å². The highest BCUT2D eigenvalue weighted by Crippen LogP contribution is 2.28. The zero-order chi connectivity index (χ0) is 17.3. The van der Waals surface area contributed by atoms with E-state index in [1.165, 1.54) is 7.11 Å². The molecule has 0 fully saturated rings. The monoisotopic (exact) mass is 330 g/mol. The van der Waals surface area contributed by atoms with Crippen LogP contribution in [-0.2, 0) is 11.3 Å². The second-order valence-corrected chi connectivity index (χ2v) is 4.96. The molecule has 1 aliphatic rings. The van der Waals surface area contributed by atoms with Gasteiger partial charge in [0.25, 0.3) is 11.8 Å². The van der Waals surface area contributed by atoms with Crippen molar-refractivity contribution >= 4 is 17.8 Å². The lowest BCUT2D eigenvalue weighted by Gasteiger charge is -2.12. The lowest BCUT2D eigenvalue weighted by atomic mass is 10.1. The van der Waals surface area contributed by atoms with Crippen molar-refractivity contribution in [2.75, 3.05) is 13.7 Å². The predicted octanol–water partition coefficient (Wildman–Crippen LogP) is 1.66. The maximum atomic E-state index is 12.4. The van der Waals surface area contributed by atoms with E-state index in [4.69, 9.17) is 14.0 Å². The molecule has 0 N–H and O–H groups in total. The van der Waals surface area contributed by atoms with Gasteiger partial charge in [0.2, 0.25) is 0 Å². The highest BCUT2D eigenvalue weighted by atomic mass is 16.6. The molecular weight excluding hydrogens is 316 g/mol. The number of fused-ring (bicyclic) bond motifs is 1. The summed E-state index contributed by atoms with van der Waals surface area (Å²) < 4.78 is 14.8. The number of rotatable bonds is 5. The number of esters is 1. The minimum atomic E-state index is -0.692. The Labute approximate surface area is 136 Å². The van der Waals surface area contributed by atoms with Crippen molar-refractivity contribution in [1.82, 2.24) is 10.1 Å². The van der Waals surface area contributed by atoms with E-state index < -0.39 is 17.8 Å². The molecule has 0 radical (unpaired) electrons. The summed E-state index contributed by atoms with van der Waals surface area (Å²) in [5.74, 6) is -1.72. The number of hydrogen-bond acceptors (Lipinski definition) is 7. The molecule has 2 aromatic rings. The number of benzene rings is 1. The molecule has 0 saturated carbocycles. The van der Waals surface area contributed by atoms with E-state index in [1.54, 1.807) is 31.2 Å². The van der Waals surface area contributed by atoms with E-state index in [-0.39, 0.29) is 30.4 Å². The third-order valence-corrected chi connectivity index (χ3v) is 3.58. The maximum Gasteiger partial charge on any atom is 0.347 e. The van der Waals surface area contributed by atoms with Crippen LogP contribution in [0.2, 0.25) is 0 Å². The molecule has 0 saturated heterocycles. The summed E-state index contributed by atoms with van der Waals surface area (Å²) >= 11 is 0. The van der Waals surface area contributed by atoms with Gasteiger partial charge < -0.3 is 14.0 Å². The Kier molecular flexibility index (Phi) is 4.03. The van der Waals surface area contributed by atoms with Crippen LogP contribution in [0.3, 0.4) is 0 Å². The fourth-order valence-electron chi connectivity index (χ4n) is 2.49. The van der Waals surface area contributed by atoms with Crippen molar-refractivity contribution in [1.29, 1.82) is 0 Å². The van der Waals surface area contributed by atoms with Crippen molar-refractivity contribution in [3.05, 3.63) is 46.6 Å². The van der Waals surface area contributed by atoms with Crippen LogP contribution in [0.5, 0.6) is 5.95 Å². The summed E-state index contributed by atoms with van der Waals surface area (Å²) in [6.07, 6.45) is 0. The molecular formula is C16H14N2O6. The van der Waals surface area contributed by atoms with Crippen molar-refractivity contribution in [3.63, 3.8) is 0 Å². The lowest BCUT2D eigenvalue weighted by molar-refractivity contribution is 0.0511. The number of carbonyl (C=O) groups excluding carboxylic acids is 3. The third-order valence-electron chi connectivity index (χ3n) is 3.58. The Hall–Kier alpha value is -3.16. The van der Waals surface area contributed by atoms with Crippen LogP contribution in [0.4, 0.5) is 0 Å². The van der Waals surface area contributed by atoms with Crippen molar-refractivity contribution in [2.24, 2.45) is 0 Å². The quantitative estimate of drug-likeness (QED) is 0.607. The Morgan fingerprint density at radius 2 is 1.83 bits per heavy atom. The topological polar surface area (TPSA) is 98.9 Å². The van der Waals surface area contributed by atoms with Gasteiger partial charge in [0.1, 0.15) is 5.69 Å². The fourth-order valence-corrected chi connectivity index (χ4v) is 2.49. The van der Waals surface area contributed by atoms with Crippen LogP contribution in [-0.4, -0.2) is 41.6 Å². The Morgan fingerprint density at radius 1 is 1.21 bits per heavy atom. The highest BCUT2D eigenvalue weighted by molar-refractivity contribution is 6.21. The van der Waals surface area contributed by atoms with Crippen LogP contribution >= 0.6 is 0 Å². The average molecular weight is 330 g/mol. The molecule has 0 unspecified atom stereocenters. The first-order valence-corrected chi connectivity index (χ1v) is 7.23. The molecule has 1 aromatic heterocycles. The largest absolute Gasteiger partial charge is 0.466 e. The minimum absolute atomic E-state index is 0.0316. The number of amides is 2. The first-order valence-electron chi connectivity index (χ1n) is 7.23. The Morgan fingerprint density at radius 3 is 2.38 bits per heavy atom. The number of carbonyl (C=O) groups is 3. The number of methoxy groups -OCH3 is 1. The summed E-state index contributed by atoms with van der Waals surface area (Å²) in [5.41, 5.74) is 0.696. The van der Waals surface area contributed by atoms with Gasteiger partial charge >= 0.3 is 11.9 Å². The maximum absolute atomic E-state index is 12.4. The van der Waals surface area contributed by atoms with Crippen LogP contribution < -0.4 is 4.74 Å². The van der Waals surface area contributed by atoms with Crippen molar-refractivity contribution < 1.29 is 28.4 Å². The SMILES string of the molecule is CCOC(=O)c1c(CN2C(=O)c3ccccc3C2=O)noc1OC. The van der Waals surface area contributed by atoms with Gasteiger partial charge in [-0.15, -0.1) is 0 Å². The van der Waals surface area contributed by atoms with Gasteiger partial charge in [-0.2, -0.15) is 0 Å². The van der Waals surface area contributed by atoms with E-state index in [0.29, 0.717) is 11.1 Å². The Balaban J connectivity index is 1.93. The van der Waals surface area contributed by atoms with E-state index in [1.807, 2.05) is 0 Å². The van der Waals surface area contributed by atoms with E-state index in [9.17, 15) is 14.4 Å². The molecule has 2 heterocycles. The molecule has 0 bridgehead atoms. The summed E-state index contributed by atoms with van der Waals surface area (Å²) in [6, 6.07) is 6.50. The normalized spacial score (nSPS) is 13.2. The minimum Gasteiger partial charge on any atom is -0.466 e. The molecule has 124 valence electrons. The van der Waals surface area contributed by atoms with Gasteiger partial charge in [-0.1, -0.05) is 17.3 Å². The molecule has 24 heavy (non-hydrogen) atoms. The summed E-state index contributed by atoms with van der Waals surface area (Å²) in [6.45, 7) is 1.59. The van der Waals surface area contributed by atoms with Gasteiger partial charge in [0, 0.05) is 0 Å². The molecule has 1 aliphatic heterocycles.